The van der Waals surface area contributed by atoms with Crippen LogP contribution < -0.4 is 15.0 Å². The normalized spacial score (nSPS) is 18.4. The van der Waals surface area contributed by atoms with Gasteiger partial charge in [-0.2, -0.15) is 0 Å². The van der Waals surface area contributed by atoms with E-state index in [1.54, 1.807) is 18.1 Å². The number of aliphatic imine (C=N–C) groups is 1. The van der Waals surface area contributed by atoms with Crippen LogP contribution in [0, 0.1) is 13.8 Å². The molecule has 1 heterocycles. The van der Waals surface area contributed by atoms with Crippen molar-refractivity contribution in [2.45, 2.75) is 57.7 Å². The fourth-order valence-electron chi connectivity index (χ4n) is 4.34. The molecule has 1 N–H and O–H groups in total. The summed E-state index contributed by atoms with van der Waals surface area (Å²) in [6.45, 7) is 5.88. The molecule has 34 heavy (non-hydrogen) atoms. The molecule has 2 aliphatic rings. The van der Waals surface area contributed by atoms with Gasteiger partial charge in [-0.1, -0.05) is 42.8 Å². The molecule has 1 saturated carbocycles. The zero-order chi connectivity index (χ0) is 24.2. The second-order valence-corrected chi connectivity index (χ2v) is 10.2. The maximum atomic E-state index is 13.5. The number of thioether (sulfide) groups is 1. The van der Waals surface area contributed by atoms with Crippen LogP contribution in [0.2, 0.25) is 0 Å². The highest BCUT2D eigenvalue weighted by atomic mass is 32.2. The minimum atomic E-state index is -0.374. The van der Waals surface area contributed by atoms with E-state index in [4.69, 9.17) is 4.74 Å². The van der Waals surface area contributed by atoms with Gasteiger partial charge in [0.05, 0.1) is 18.0 Å². The molecular weight excluding hydrogens is 446 g/mol. The lowest BCUT2D eigenvalue weighted by molar-refractivity contribution is -0.121. The maximum Gasteiger partial charge on any atom is 0.283 e. The summed E-state index contributed by atoms with van der Waals surface area (Å²) in [7, 11) is 1.62. The van der Waals surface area contributed by atoms with Crippen LogP contribution in [0.5, 0.6) is 5.75 Å². The highest BCUT2D eigenvalue weighted by Gasteiger charge is 2.34. The molecule has 1 fully saturated rings. The van der Waals surface area contributed by atoms with Crippen LogP contribution in [-0.2, 0) is 9.59 Å². The molecule has 1 aliphatic heterocycles. The number of nitrogens with zero attached hydrogens (tertiary/aromatic N) is 2. The SMILES string of the molecule is COc1ccc(/C=C2\N=C(SC(C)C(=O)NC3CCCC3)N(c3cc(C)cc(C)c3)C2=O)cc1. The van der Waals surface area contributed by atoms with Gasteiger partial charge in [0.2, 0.25) is 5.91 Å². The van der Waals surface area contributed by atoms with Crippen molar-refractivity contribution in [2.24, 2.45) is 4.99 Å². The van der Waals surface area contributed by atoms with Gasteiger partial charge in [-0.05, 0) is 80.6 Å². The fraction of sp³-hybridized carbons (Fsp3) is 0.370. The summed E-state index contributed by atoms with van der Waals surface area (Å²) in [6, 6.07) is 13.7. The standard InChI is InChI=1S/C27H31N3O3S/c1-17-13-18(2)15-22(14-17)30-26(32)24(16-20-9-11-23(33-4)12-10-20)29-27(30)34-19(3)25(31)28-21-7-5-6-8-21/h9-16,19,21H,5-8H2,1-4H3,(H,28,31)/b24-16-. The van der Waals surface area contributed by atoms with Crippen molar-refractivity contribution in [3.05, 3.63) is 64.9 Å². The summed E-state index contributed by atoms with van der Waals surface area (Å²) in [5, 5.41) is 3.30. The molecule has 2 aromatic rings. The Morgan fingerprint density at radius 1 is 1.15 bits per heavy atom. The first-order valence-electron chi connectivity index (χ1n) is 11.7. The number of methoxy groups -OCH3 is 1. The minimum absolute atomic E-state index is 0.0139. The number of carbonyl (C=O) groups is 2. The van der Waals surface area contributed by atoms with E-state index < -0.39 is 0 Å². The first-order chi connectivity index (χ1) is 16.3. The zero-order valence-electron chi connectivity index (χ0n) is 20.1. The van der Waals surface area contributed by atoms with Crippen LogP contribution in [0.3, 0.4) is 0 Å². The first kappa shape index (κ1) is 24.1. The summed E-state index contributed by atoms with van der Waals surface area (Å²) >= 11 is 1.32. The second kappa shape index (κ2) is 10.5. The van der Waals surface area contributed by atoms with E-state index in [9.17, 15) is 9.59 Å². The van der Waals surface area contributed by atoms with Gasteiger partial charge < -0.3 is 10.1 Å². The van der Waals surface area contributed by atoms with E-state index in [2.05, 4.69) is 16.4 Å². The molecule has 1 atom stereocenters. The first-order valence-corrected chi connectivity index (χ1v) is 12.6. The molecule has 0 saturated heterocycles. The predicted molar refractivity (Wildman–Crippen MR) is 139 cm³/mol. The zero-order valence-corrected chi connectivity index (χ0v) is 20.9. The number of carbonyl (C=O) groups excluding carboxylic acids is 2. The Bertz CT molecular complexity index is 1110. The minimum Gasteiger partial charge on any atom is -0.497 e. The molecule has 4 rings (SSSR count). The van der Waals surface area contributed by atoms with E-state index in [0.717, 1.165) is 53.8 Å². The van der Waals surface area contributed by atoms with E-state index in [-0.39, 0.29) is 23.1 Å². The lowest BCUT2D eigenvalue weighted by Crippen LogP contribution is -2.39. The summed E-state index contributed by atoms with van der Waals surface area (Å²) < 4.78 is 5.22. The Morgan fingerprint density at radius 2 is 1.79 bits per heavy atom. The van der Waals surface area contributed by atoms with E-state index in [1.807, 2.05) is 57.2 Å². The number of aryl methyl sites for hydroxylation is 2. The van der Waals surface area contributed by atoms with Crippen molar-refractivity contribution in [3.63, 3.8) is 0 Å². The topological polar surface area (TPSA) is 71.0 Å². The van der Waals surface area contributed by atoms with Crippen LogP contribution in [0.4, 0.5) is 5.69 Å². The van der Waals surface area contributed by atoms with E-state index in [1.165, 1.54) is 11.8 Å². The Morgan fingerprint density at radius 3 is 2.41 bits per heavy atom. The van der Waals surface area contributed by atoms with E-state index >= 15 is 0 Å². The number of amidine groups is 1. The summed E-state index contributed by atoms with van der Waals surface area (Å²) in [6.07, 6.45) is 6.16. The summed E-state index contributed by atoms with van der Waals surface area (Å²) in [5.41, 5.74) is 4.08. The average molecular weight is 478 g/mol. The third kappa shape index (κ3) is 5.53. The number of nitrogens with one attached hydrogen (secondary N) is 1. The van der Waals surface area contributed by atoms with Crippen LogP contribution in [-0.4, -0.2) is 35.4 Å². The molecule has 6 nitrogen and oxygen atoms in total. The predicted octanol–water partition coefficient (Wildman–Crippen LogP) is 5.24. The van der Waals surface area contributed by atoms with Gasteiger partial charge in [0, 0.05) is 6.04 Å². The van der Waals surface area contributed by atoms with Gasteiger partial charge in [-0.15, -0.1) is 0 Å². The van der Waals surface area contributed by atoms with Gasteiger partial charge in [-0.25, -0.2) is 4.99 Å². The smallest absolute Gasteiger partial charge is 0.283 e. The van der Waals surface area contributed by atoms with Gasteiger partial charge in [-0.3, -0.25) is 14.5 Å². The number of rotatable bonds is 6. The van der Waals surface area contributed by atoms with Crippen molar-refractivity contribution in [1.82, 2.24) is 5.32 Å². The van der Waals surface area contributed by atoms with Crippen LogP contribution in [0.1, 0.15) is 49.3 Å². The number of amides is 2. The molecule has 0 aromatic heterocycles. The molecule has 2 amide bonds. The molecule has 7 heteroatoms. The molecule has 1 unspecified atom stereocenters. The van der Waals surface area contributed by atoms with Crippen molar-refractivity contribution in [1.29, 1.82) is 0 Å². The van der Waals surface area contributed by atoms with Crippen molar-refractivity contribution in [2.75, 3.05) is 12.0 Å². The number of benzene rings is 2. The van der Waals surface area contributed by atoms with Crippen LogP contribution in [0.15, 0.2) is 53.2 Å². The Labute approximate surface area is 205 Å². The van der Waals surface area contributed by atoms with Crippen molar-refractivity contribution >= 4 is 40.5 Å². The third-order valence-electron chi connectivity index (χ3n) is 6.07. The Hall–Kier alpha value is -3.06. The quantitative estimate of drug-likeness (QED) is 0.578. The Balaban J connectivity index is 1.63. The monoisotopic (exact) mass is 477 g/mol. The molecule has 1 aliphatic carbocycles. The van der Waals surface area contributed by atoms with Crippen LogP contribution >= 0.6 is 11.8 Å². The van der Waals surface area contributed by atoms with E-state index in [0.29, 0.717) is 10.9 Å². The maximum absolute atomic E-state index is 13.5. The van der Waals surface area contributed by atoms with Gasteiger partial charge in [0.15, 0.2) is 5.17 Å². The van der Waals surface area contributed by atoms with Gasteiger partial charge >= 0.3 is 0 Å². The number of anilines is 1. The van der Waals surface area contributed by atoms with Crippen molar-refractivity contribution < 1.29 is 14.3 Å². The third-order valence-corrected chi connectivity index (χ3v) is 7.12. The lowest BCUT2D eigenvalue weighted by atomic mass is 10.1. The fourth-order valence-corrected chi connectivity index (χ4v) is 5.28. The average Bonchev–Trinajstić information content (AvgIpc) is 3.41. The van der Waals surface area contributed by atoms with Crippen molar-refractivity contribution in [3.8, 4) is 5.75 Å². The molecule has 0 radical (unpaired) electrons. The summed E-state index contributed by atoms with van der Waals surface area (Å²) in [4.78, 5) is 32.6. The number of ether oxygens (including phenoxy) is 1. The number of hydrogen-bond donors (Lipinski definition) is 1. The summed E-state index contributed by atoms with van der Waals surface area (Å²) in [5.74, 6) is 0.533. The highest BCUT2D eigenvalue weighted by Crippen LogP contribution is 2.32. The Kier molecular flexibility index (Phi) is 7.41. The van der Waals surface area contributed by atoms with Gasteiger partial charge in [0.25, 0.3) is 5.91 Å². The molecule has 0 spiro atoms. The second-order valence-electron chi connectivity index (χ2n) is 8.93. The molecule has 2 aromatic carbocycles. The molecule has 0 bridgehead atoms. The molecular formula is C27H31N3O3S. The molecule has 178 valence electrons. The van der Waals surface area contributed by atoms with Gasteiger partial charge in [0.1, 0.15) is 11.4 Å². The highest BCUT2D eigenvalue weighted by molar-refractivity contribution is 8.15. The number of hydrogen-bond acceptors (Lipinski definition) is 5. The largest absolute Gasteiger partial charge is 0.497 e. The lowest BCUT2D eigenvalue weighted by Gasteiger charge is -2.22. The van der Waals surface area contributed by atoms with Crippen LogP contribution in [0.25, 0.3) is 6.08 Å².